The van der Waals surface area contributed by atoms with Crippen molar-refractivity contribution in [2.75, 3.05) is 5.32 Å². The maximum atomic E-state index is 15.2. The van der Waals surface area contributed by atoms with E-state index in [4.69, 9.17) is 0 Å². The first-order valence-corrected chi connectivity index (χ1v) is 12.5. The molecule has 4 heterocycles. The lowest BCUT2D eigenvalue weighted by molar-refractivity contribution is -0.116. The molecule has 10 heteroatoms. The van der Waals surface area contributed by atoms with Gasteiger partial charge in [0.25, 0.3) is 0 Å². The number of halogens is 2. The van der Waals surface area contributed by atoms with Gasteiger partial charge in [-0.3, -0.25) is 19.9 Å². The van der Waals surface area contributed by atoms with E-state index in [1.165, 1.54) is 12.1 Å². The number of carbonyl (C=O) groups excluding carboxylic acids is 1. The summed E-state index contributed by atoms with van der Waals surface area (Å²) in [5, 5.41) is 10.4. The molecule has 3 N–H and O–H groups in total. The highest BCUT2D eigenvalue weighted by atomic mass is 19.1. The number of hydrogen-bond acceptors (Lipinski definition) is 5. The minimum atomic E-state index is -0.497. The molecule has 0 unspecified atom stereocenters. The molecule has 0 atom stereocenters. The van der Waals surface area contributed by atoms with Crippen LogP contribution in [0.15, 0.2) is 67.1 Å². The molecule has 0 aliphatic rings. The van der Waals surface area contributed by atoms with Gasteiger partial charge in [0.05, 0.1) is 17.4 Å². The molecule has 194 valence electrons. The molecule has 0 saturated carbocycles. The fourth-order valence-electron chi connectivity index (χ4n) is 4.55. The fourth-order valence-corrected chi connectivity index (χ4v) is 4.55. The Kier molecular flexibility index (Phi) is 6.28. The average Bonchev–Trinajstić information content (AvgIpc) is 3.57. The van der Waals surface area contributed by atoms with Crippen LogP contribution < -0.4 is 5.32 Å². The first kappa shape index (κ1) is 24.4. The van der Waals surface area contributed by atoms with Crippen LogP contribution in [0.5, 0.6) is 0 Å². The number of hydrogen-bond donors (Lipinski definition) is 3. The van der Waals surface area contributed by atoms with Crippen molar-refractivity contribution in [2.45, 2.75) is 26.2 Å². The summed E-state index contributed by atoms with van der Waals surface area (Å²) in [5.41, 5.74) is 4.18. The van der Waals surface area contributed by atoms with Gasteiger partial charge in [-0.2, -0.15) is 5.10 Å². The van der Waals surface area contributed by atoms with Gasteiger partial charge < -0.3 is 10.3 Å². The third-order valence-corrected chi connectivity index (χ3v) is 6.49. The predicted octanol–water partition coefficient (Wildman–Crippen LogP) is 6.64. The number of anilines is 1. The summed E-state index contributed by atoms with van der Waals surface area (Å²) in [7, 11) is 0. The Morgan fingerprint density at radius 3 is 2.72 bits per heavy atom. The van der Waals surface area contributed by atoms with E-state index >= 15 is 4.39 Å². The highest BCUT2D eigenvalue weighted by molar-refractivity contribution is 5.98. The Morgan fingerprint density at radius 2 is 1.87 bits per heavy atom. The number of aromatic nitrogens is 6. The average molecular weight is 524 g/mol. The third-order valence-electron chi connectivity index (χ3n) is 6.49. The summed E-state index contributed by atoms with van der Waals surface area (Å²) in [6.45, 7) is 2.02. The van der Waals surface area contributed by atoms with Gasteiger partial charge in [-0.05, 0) is 48.4 Å². The summed E-state index contributed by atoms with van der Waals surface area (Å²) in [5.74, 6) is -0.614. The van der Waals surface area contributed by atoms with Crippen LogP contribution in [0, 0.1) is 11.6 Å². The number of nitrogens with one attached hydrogen (secondary N) is 3. The summed E-state index contributed by atoms with van der Waals surface area (Å²) in [4.78, 5) is 28.6. The second-order valence-electron chi connectivity index (χ2n) is 9.19. The smallest absolute Gasteiger partial charge is 0.224 e. The van der Waals surface area contributed by atoms with Crippen LogP contribution in [-0.4, -0.2) is 36.0 Å². The third kappa shape index (κ3) is 4.61. The van der Waals surface area contributed by atoms with Crippen molar-refractivity contribution in [3.05, 3.63) is 78.8 Å². The first-order chi connectivity index (χ1) is 19.0. The molecule has 0 spiro atoms. The van der Waals surface area contributed by atoms with E-state index in [1.807, 2.05) is 6.92 Å². The lowest BCUT2D eigenvalue weighted by Crippen LogP contribution is -2.11. The summed E-state index contributed by atoms with van der Waals surface area (Å²) in [6.07, 6.45) is 6.88. The van der Waals surface area contributed by atoms with Crippen molar-refractivity contribution < 1.29 is 13.6 Å². The Hall–Kier alpha value is -4.99. The van der Waals surface area contributed by atoms with Gasteiger partial charge in [-0.25, -0.2) is 13.8 Å². The maximum absolute atomic E-state index is 15.2. The second kappa shape index (κ2) is 10.1. The maximum Gasteiger partial charge on any atom is 0.224 e. The number of H-pyrrole nitrogens is 2. The fraction of sp³-hybridized carbons (Fsp3) is 0.138. The molecule has 1 amide bonds. The van der Waals surface area contributed by atoms with E-state index in [0.29, 0.717) is 62.4 Å². The lowest BCUT2D eigenvalue weighted by Gasteiger charge is -2.08. The van der Waals surface area contributed by atoms with Gasteiger partial charge in [-0.1, -0.05) is 25.5 Å². The monoisotopic (exact) mass is 523 g/mol. The van der Waals surface area contributed by atoms with Crippen LogP contribution in [0.25, 0.3) is 55.8 Å². The molecule has 39 heavy (non-hydrogen) atoms. The zero-order valence-electron chi connectivity index (χ0n) is 20.9. The molecular weight excluding hydrogens is 500 g/mol. The van der Waals surface area contributed by atoms with E-state index in [0.717, 1.165) is 12.8 Å². The molecular formula is C29H23F2N7O. The van der Waals surface area contributed by atoms with Crippen molar-refractivity contribution in [1.29, 1.82) is 0 Å². The number of imidazole rings is 1. The minimum Gasteiger partial charge on any atom is -0.336 e. The first-order valence-electron chi connectivity index (χ1n) is 12.5. The highest BCUT2D eigenvalue weighted by Crippen LogP contribution is 2.34. The Bertz CT molecular complexity index is 1840. The summed E-state index contributed by atoms with van der Waals surface area (Å²) < 4.78 is 29.7. The number of amides is 1. The van der Waals surface area contributed by atoms with E-state index in [1.54, 1.807) is 55.0 Å². The van der Waals surface area contributed by atoms with Gasteiger partial charge in [0.15, 0.2) is 5.82 Å². The normalized spacial score (nSPS) is 11.4. The van der Waals surface area contributed by atoms with Gasteiger partial charge >= 0.3 is 0 Å². The van der Waals surface area contributed by atoms with Gasteiger partial charge in [0.1, 0.15) is 34.1 Å². The number of nitrogens with zero attached hydrogens (tertiary/aromatic N) is 4. The van der Waals surface area contributed by atoms with Crippen molar-refractivity contribution in [2.24, 2.45) is 0 Å². The van der Waals surface area contributed by atoms with Crippen molar-refractivity contribution in [3.63, 3.8) is 0 Å². The minimum absolute atomic E-state index is 0.0938. The lowest BCUT2D eigenvalue weighted by atomic mass is 10.0. The van der Waals surface area contributed by atoms with Crippen molar-refractivity contribution in [3.8, 4) is 33.9 Å². The van der Waals surface area contributed by atoms with Crippen molar-refractivity contribution in [1.82, 2.24) is 30.1 Å². The summed E-state index contributed by atoms with van der Waals surface area (Å²) in [6, 6.07) is 13.0. The van der Waals surface area contributed by atoms with Gasteiger partial charge in [-0.15, -0.1) is 0 Å². The zero-order chi connectivity index (χ0) is 26.9. The van der Waals surface area contributed by atoms with Crippen LogP contribution in [-0.2, 0) is 4.79 Å². The number of rotatable bonds is 7. The van der Waals surface area contributed by atoms with E-state index < -0.39 is 11.6 Å². The van der Waals surface area contributed by atoms with Crippen LogP contribution in [0.4, 0.5) is 14.5 Å². The van der Waals surface area contributed by atoms with Gasteiger partial charge in [0, 0.05) is 35.3 Å². The number of pyridine rings is 2. The summed E-state index contributed by atoms with van der Waals surface area (Å²) >= 11 is 0. The van der Waals surface area contributed by atoms with Crippen molar-refractivity contribution >= 4 is 33.5 Å². The number of aromatic amines is 2. The number of fused-ring (bicyclic) bond motifs is 2. The van der Waals surface area contributed by atoms with E-state index in [9.17, 15) is 9.18 Å². The topological polar surface area (TPSA) is 112 Å². The largest absolute Gasteiger partial charge is 0.336 e. The van der Waals surface area contributed by atoms with Crippen LogP contribution in [0.1, 0.15) is 26.2 Å². The van der Waals surface area contributed by atoms with Crippen LogP contribution in [0.3, 0.4) is 0 Å². The van der Waals surface area contributed by atoms with E-state index in [2.05, 4.69) is 35.5 Å². The molecule has 0 bridgehead atoms. The van der Waals surface area contributed by atoms with Crippen LogP contribution in [0.2, 0.25) is 0 Å². The number of benzene rings is 2. The number of unbranched alkanes of at least 4 members (excludes halogenated alkanes) is 1. The van der Waals surface area contributed by atoms with Crippen LogP contribution >= 0.6 is 0 Å². The predicted molar refractivity (Wildman–Crippen MR) is 146 cm³/mol. The Balaban J connectivity index is 1.41. The Morgan fingerprint density at radius 1 is 1.00 bits per heavy atom. The molecule has 0 aliphatic heterocycles. The molecule has 0 saturated heterocycles. The quantitative estimate of drug-likeness (QED) is 0.217. The molecule has 0 fully saturated rings. The highest BCUT2D eigenvalue weighted by Gasteiger charge is 2.19. The Labute approximate surface area is 221 Å². The number of carbonyl (C=O) groups is 1. The van der Waals surface area contributed by atoms with Gasteiger partial charge in [0.2, 0.25) is 5.91 Å². The van der Waals surface area contributed by atoms with E-state index in [-0.39, 0.29) is 11.4 Å². The molecule has 0 aliphatic carbocycles. The molecule has 6 rings (SSSR count). The molecule has 6 aromatic rings. The zero-order valence-corrected chi connectivity index (χ0v) is 20.9. The molecule has 0 radical (unpaired) electrons. The molecule has 4 aromatic heterocycles. The molecule has 8 nitrogen and oxygen atoms in total. The standard InChI is InChI=1S/C29H23F2N7O/c1-2-3-8-24(39)34-18-11-17(14-32-15-18)16-12-20-25(22(31)13-16)37-38-27(20)29-35-23-9-10-33-26(28(23)36-29)19-6-4-5-7-21(19)30/h4-7,9-15H,2-3,8H2,1H3,(H,34,39)(H,35,36)(H,37,38). The molecule has 2 aromatic carbocycles. The second-order valence-corrected chi connectivity index (χ2v) is 9.19. The SMILES string of the molecule is CCCCC(=O)Nc1cncc(-c2cc(F)c3[nH]nc(-c4nc5c(-c6ccccc6F)nccc5[nH]4)c3c2)c1.